The largest absolute Gasteiger partial charge is 0.490 e. The van der Waals surface area contributed by atoms with Crippen LogP contribution in [0.2, 0.25) is 0 Å². The Morgan fingerprint density at radius 2 is 1.50 bits per heavy atom. The molecular weight excluding hydrogens is 480 g/mol. The molecule has 0 bridgehead atoms. The van der Waals surface area contributed by atoms with Crippen molar-refractivity contribution in [2.75, 3.05) is 18.5 Å². The number of carbonyl (C=O) groups excluding carboxylic acids is 2. The minimum atomic E-state index is -0.458. The maximum absolute atomic E-state index is 12.6. The highest BCUT2D eigenvalue weighted by molar-refractivity contribution is 6.04. The van der Waals surface area contributed by atoms with E-state index in [-0.39, 0.29) is 25.1 Å². The molecular formula is C30H32N4O4. The van der Waals surface area contributed by atoms with E-state index in [2.05, 4.69) is 28.5 Å². The molecule has 8 heteroatoms. The zero-order valence-electron chi connectivity index (χ0n) is 21.9. The van der Waals surface area contributed by atoms with Crippen LogP contribution in [0.5, 0.6) is 5.75 Å². The number of esters is 1. The molecule has 0 spiro atoms. The maximum Gasteiger partial charge on any atom is 0.311 e. The smallest absolute Gasteiger partial charge is 0.311 e. The average Bonchev–Trinajstić information content (AvgIpc) is 2.95. The number of amides is 1. The molecule has 1 amide bonds. The molecule has 0 aromatic heterocycles. The standard InChI is InChI=1S/C30H32N4O4/c1-4-18-30(3,5-2)29(36)38-20-19-37-27-16-8-23(9-17-27)28(35)32-24-12-14-26(15-13-24)34-33-25-10-6-22(21-31)7-11-25/h6-17H,4-5,18-20H2,1-3H3,(H,32,35). The van der Waals surface area contributed by atoms with E-state index in [1.54, 1.807) is 72.8 Å². The first kappa shape index (κ1) is 28.1. The molecule has 3 aromatic carbocycles. The van der Waals surface area contributed by atoms with E-state index in [0.29, 0.717) is 33.9 Å². The molecule has 1 atom stereocenters. The zero-order valence-corrected chi connectivity index (χ0v) is 21.9. The Morgan fingerprint density at radius 3 is 2.05 bits per heavy atom. The van der Waals surface area contributed by atoms with Crippen LogP contribution in [0.15, 0.2) is 83.0 Å². The molecule has 0 heterocycles. The number of ether oxygens (including phenoxy) is 2. The predicted octanol–water partition coefficient (Wildman–Crippen LogP) is 7.36. The first-order valence-electron chi connectivity index (χ1n) is 12.6. The highest BCUT2D eigenvalue weighted by atomic mass is 16.6. The van der Waals surface area contributed by atoms with E-state index in [9.17, 15) is 9.59 Å². The average molecular weight is 513 g/mol. The number of rotatable bonds is 12. The van der Waals surface area contributed by atoms with Gasteiger partial charge in [-0.05, 0) is 92.6 Å². The minimum Gasteiger partial charge on any atom is -0.490 e. The second-order valence-electron chi connectivity index (χ2n) is 9.03. The highest BCUT2D eigenvalue weighted by Gasteiger charge is 2.31. The van der Waals surface area contributed by atoms with E-state index < -0.39 is 5.41 Å². The topological polar surface area (TPSA) is 113 Å². The predicted molar refractivity (Wildman–Crippen MR) is 146 cm³/mol. The van der Waals surface area contributed by atoms with Crippen LogP contribution in [0.1, 0.15) is 56.0 Å². The molecule has 0 radical (unpaired) electrons. The summed E-state index contributed by atoms with van der Waals surface area (Å²) in [6, 6.07) is 22.6. The van der Waals surface area contributed by atoms with Gasteiger partial charge in [-0.1, -0.05) is 20.3 Å². The molecule has 196 valence electrons. The molecule has 38 heavy (non-hydrogen) atoms. The number of anilines is 1. The van der Waals surface area contributed by atoms with Crippen LogP contribution < -0.4 is 10.1 Å². The summed E-state index contributed by atoms with van der Waals surface area (Å²) in [6.07, 6.45) is 2.45. The van der Waals surface area contributed by atoms with E-state index in [0.717, 1.165) is 19.3 Å². The summed E-state index contributed by atoms with van der Waals surface area (Å²) in [6.45, 7) is 6.39. The Bertz CT molecular complexity index is 1280. The lowest BCUT2D eigenvalue weighted by atomic mass is 9.83. The molecule has 1 N–H and O–H groups in total. The van der Waals surface area contributed by atoms with Crippen LogP contribution in [-0.4, -0.2) is 25.1 Å². The quantitative estimate of drug-likeness (QED) is 0.155. The number of carbonyl (C=O) groups is 2. The van der Waals surface area contributed by atoms with Crippen LogP contribution in [-0.2, 0) is 9.53 Å². The maximum atomic E-state index is 12.6. The third-order valence-corrected chi connectivity index (χ3v) is 6.18. The second kappa shape index (κ2) is 13.7. The normalized spacial score (nSPS) is 12.4. The summed E-state index contributed by atoms with van der Waals surface area (Å²) in [5, 5.41) is 20.0. The third-order valence-electron chi connectivity index (χ3n) is 6.18. The first-order chi connectivity index (χ1) is 18.4. The van der Waals surface area contributed by atoms with Crippen LogP contribution in [0.25, 0.3) is 0 Å². The van der Waals surface area contributed by atoms with Crippen molar-refractivity contribution < 1.29 is 19.1 Å². The van der Waals surface area contributed by atoms with Crippen LogP contribution in [0.4, 0.5) is 17.1 Å². The Morgan fingerprint density at radius 1 is 0.895 bits per heavy atom. The number of nitriles is 1. The van der Waals surface area contributed by atoms with Crippen LogP contribution in [0.3, 0.4) is 0 Å². The monoisotopic (exact) mass is 512 g/mol. The van der Waals surface area contributed by atoms with Gasteiger partial charge < -0.3 is 14.8 Å². The molecule has 8 nitrogen and oxygen atoms in total. The Hall–Kier alpha value is -4.51. The van der Waals surface area contributed by atoms with Gasteiger partial charge in [0.2, 0.25) is 0 Å². The first-order valence-corrected chi connectivity index (χ1v) is 12.6. The zero-order chi connectivity index (χ0) is 27.4. The van der Waals surface area contributed by atoms with Gasteiger partial charge in [-0.25, -0.2) is 0 Å². The SMILES string of the molecule is CCCC(C)(CC)C(=O)OCCOc1ccc(C(=O)Nc2ccc(N=Nc3ccc(C#N)cc3)cc2)cc1. The molecule has 0 fully saturated rings. The van der Waals surface area contributed by atoms with E-state index in [1.807, 2.05) is 13.8 Å². The number of azo groups is 1. The lowest BCUT2D eigenvalue weighted by molar-refractivity contribution is -0.156. The van der Waals surface area contributed by atoms with Gasteiger partial charge in [-0.2, -0.15) is 15.5 Å². The number of nitrogens with one attached hydrogen (secondary N) is 1. The summed E-state index contributed by atoms with van der Waals surface area (Å²) < 4.78 is 11.1. The number of benzene rings is 3. The lowest BCUT2D eigenvalue weighted by Gasteiger charge is -2.25. The van der Waals surface area contributed by atoms with Gasteiger partial charge in [0.15, 0.2) is 0 Å². The fraction of sp³-hybridized carbons (Fsp3) is 0.300. The summed E-state index contributed by atoms with van der Waals surface area (Å²) in [7, 11) is 0. The van der Waals surface area contributed by atoms with Crippen molar-refractivity contribution in [3.8, 4) is 11.8 Å². The van der Waals surface area contributed by atoms with Gasteiger partial charge in [0.25, 0.3) is 5.91 Å². The fourth-order valence-corrected chi connectivity index (χ4v) is 3.68. The fourth-order valence-electron chi connectivity index (χ4n) is 3.68. The third kappa shape index (κ3) is 8.00. The number of hydrogen-bond donors (Lipinski definition) is 1. The molecule has 3 rings (SSSR count). The lowest BCUT2D eigenvalue weighted by Crippen LogP contribution is -2.30. The molecule has 0 saturated carbocycles. The van der Waals surface area contributed by atoms with Gasteiger partial charge in [0.05, 0.1) is 28.4 Å². The van der Waals surface area contributed by atoms with E-state index in [4.69, 9.17) is 14.7 Å². The summed E-state index contributed by atoms with van der Waals surface area (Å²) >= 11 is 0. The van der Waals surface area contributed by atoms with Crippen molar-refractivity contribution in [2.24, 2.45) is 15.6 Å². The summed E-state index contributed by atoms with van der Waals surface area (Å²) in [5.41, 5.74) is 2.47. The van der Waals surface area contributed by atoms with Crippen molar-refractivity contribution in [1.29, 1.82) is 5.26 Å². The van der Waals surface area contributed by atoms with Gasteiger partial charge in [-0.15, -0.1) is 0 Å². The van der Waals surface area contributed by atoms with Gasteiger partial charge in [0.1, 0.15) is 19.0 Å². The van der Waals surface area contributed by atoms with Crippen molar-refractivity contribution in [3.05, 3.63) is 83.9 Å². The van der Waals surface area contributed by atoms with Gasteiger partial charge >= 0.3 is 5.97 Å². The summed E-state index contributed by atoms with van der Waals surface area (Å²) in [5.74, 6) is 0.133. The second-order valence-corrected chi connectivity index (χ2v) is 9.03. The Balaban J connectivity index is 1.46. The van der Waals surface area contributed by atoms with Gasteiger partial charge in [-0.3, -0.25) is 9.59 Å². The molecule has 1 unspecified atom stereocenters. The number of hydrogen-bond acceptors (Lipinski definition) is 7. The van der Waals surface area contributed by atoms with Gasteiger partial charge in [0, 0.05) is 11.3 Å². The molecule has 0 aliphatic carbocycles. The highest BCUT2D eigenvalue weighted by Crippen LogP contribution is 2.29. The number of nitrogens with zero attached hydrogens (tertiary/aromatic N) is 3. The van der Waals surface area contributed by atoms with Crippen molar-refractivity contribution >= 4 is 28.9 Å². The Labute approximate surface area is 223 Å². The Kier molecular flexibility index (Phi) is 10.1. The molecule has 0 saturated heterocycles. The van der Waals surface area contributed by atoms with Crippen molar-refractivity contribution in [1.82, 2.24) is 0 Å². The van der Waals surface area contributed by atoms with Crippen LogP contribution >= 0.6 is 0 Å². The van der Waals surface area contributed by atoms with Crippen molar-refractivity contribution in [2.45, 2.75) is 40.0 Å². The van der Waals surface area contributed by atoms with E-state index in [1.165, 1.54) is 0 Å². The van der Waals surface area contributed by atoms with Crippen molar-refractivity contribution in [3.63, 3.8) is 0 Å². The molecule has 0 aliphatic rings. The minimum absolute atomic E-state index is 0.170. The molecule has 0 aliphatic heterocycles. The van der Waals surface area contributed by atoms with E-state index >= 15 is 0 Å². The summed E-state index contributed by atoms with van der Waals surface area (Å²) in [4.78, 5) is 25.0. The van der Waals surface area contributed by atoms with Crippen LogP contribution in [0, 0.1) is 16.7 Å². The molecule has 3 aromatic rings.